The number of hydrogen-bond acceptors (Lipinski definition) is 3. The maximum absolute atomic E-state index is 12.3. The van der Waals surface area contributed by atoms with Gasteiger partial charge in [-0.1, -0.05) is 11.6 Å². The second-order valence-corrected chi connectivity index (χ2v) is 7.01. The molecular formula is C16H16ClN3O2S. The standard InChI is InChI=1S/C16H16ClN3O2S/c1-10(13-6-7-14(17)23-13)19-15(21)11-2-4-12(5-3-11)20-9-8-18-16(20)22/h2-7,10H,8-9H2,1H3,(H,18,22)(H,19,21)/t10-/m0/s1. The van der Waals surface area contributed by atoms with Gasteiger partial charge in [-0.15, -0.1) is 11.3 Å². The number of nitrogens with one attached hydrogen (secondary N) is 2. The predicted octanol–water partition coefficient (Wildman–Crippen LogP) is 3.42. The lowest BCUT2D eigenvalue weighted by Gasteiger charge is -2.15. The van der Waals surface area contributed by atoms with Crippen molar-refractivity contribution in [2.75, 3.05) is 18.0 Å². The molecule has 7 heteroatoms. The molecule has 1 aromatic heterocycles. The summed E-state index contributed by atoms with van der Waals surface area (Å²) in [6.07, 6.45) is 0. The number of thiophene rings is 1. The molecule has 1 aliphatic heterocycles. The Hall–Kier alpha value is -2.05. The molecule has 23 heavy (non-hydrogen) atoms. The first-order valence-corrected chi connectivity index (χ1v) is 8.45. The molecule has 1 fully saturated rings. The van der Waals surface area contributed by atoms with Crippen molar-refractivity contribution in [1.29, 1.82) is 0 Å². The van der Waals surface area contributed by atoms with Crippen LogP contribution in [0.2, 0.25) is 4.34 Å². The molecule has 0 aliphatic carbocycles. The van der Waals surface area contributed by atoms with Gasteiger partial charge in [0.15, 0.2) is 0 Å². The molecule has 120 valence electrons. The molecule has 1 saturated heterocycles. The van der Waals surface area contributed by atoms with Crippen molar-refractivity contribution in [2.45, 2.75) is 13.0 Å². The van der Waals surface area contributed by atoms with E-state index in [2.05, 4.69) is 10.6 Å². The van der Waals surface area contributed by atoms with Gasteiger partial charge in [0.05, 0.1) is 10.4 Å². The topological polar surface area (TPSA) is 61.4 Å². The molecule has 1 aromatic carbocycles. The first kappa shape index (κ1) is 15.8. The van der Waals surface area contributed by atoms with E-state index in [-0.39, 0.29) is 18.0 Å². The highest BCUT2D eigenvalue weighted by atomic mass is 35.5. The molecule has 0 bridgehead atoms. The second kappa shape index (κ2) is 6.60. The maximum Gasteiger partial charge on any atom is 0.321 e. The number of nitrogens with zero attached hydrogens (tertiary/aromatic N) is 1. The second-order valence-electron chi connectivity index (χ2n) is 5.27. The zero-order valence-electron chi connectivity index (χ0n) is 12.5. The van der Waals surface area contributed by atoms with Crippen molar-refractivity contribution in [3.8, 4) is 0 Å². The van der Waals surface area contributed by atoms with E-state index in [4.69, 9.17) is 11.6 Å². The molecule has 2 aromatic rings. The monoisotopic (exact) mass is 349 g/mol. The molecule has 1 atom stereocenters. The highest BCUT2D eigenvalue weighted by Gasteiger charge is 2.21. The summed E-state index contributed by atoms with van der Waals surface area (Å²) < 4.78 is 0.703. The molecule has 5 nitrogen and oxygen atoms in total. The Kier molecular flexibility index (Phi) is 4.54. The Balaban J connectivity index is 1.67. The summed E-state index contributed by atoms with van der Waals surface area (Å²) in [5.74, 6) is -0.153. The minimum Gasteiger partial charge on any atom is -0.345 e. The number of carbonyl (C=O) groups excluding carboxylic acids is 2. The quantitative estimate of drug-likeness (QED) is 0.888. The van der Waals surface area contributed by atoms with E-state index in [0.717, 1.165) is 10.6 Å². The molecule has 0 spiro atoms. The van der Waals surface area contributed by atoms with Gasteiger partial charge in [-0.05, 0) is 43.3 Å². The number of amides is 3. The zero-order chi connectivity index (χ0) is 16.4. The fourth-order valence-corrected chi connectivity index (χ4v) is 3.49. The van der Waals surface area contributed by atoms with Crippen LogP contribution < -0.4 is 15.5 Å². The van der Waals surface area contributed by atoms with Crippen molar-refractivity contribution >= 4 is 40.6 Å². The summed E-state index contributed by atoms with van der Waals surface area (Å²) >= 11 is 7.37. The number of urea groups is 1. The Morgan fingerprint density at radius 3 is 2.61 bits per heavy atom. The first-order chi connectivity index (χ1) is 11.0. The maximum atomic E-state index is 12.3. The van der Waals surface area contributed by atoms with Gasteiger partial charge < -0.3 is 10.6 Å². The SMILES string of the molecule is C[C@H](NC(=O)c1ccc(N2CCNC2=O)cc1)c1ccc(Cl)s1. The third-order valence-electron chi connectivity index (χ3n) is 3.67. The number of carbonyl (C=O) groups is 2. The molecule has 0 radical (unpaired) electrons. The number of anilines is 1. The number of halogens is 1. The van der Waals surface area contributed by atoms with E-state index in [9.17, 15) is 9.59 Å². The summed E-state index contributed by atoms with van der Waals surface area (Å²) in [6.45, 7) is 3.20. The van der Waals surface area contributed by atoms with Crippen LogP contribution in [0.1, 0.15) is 28.2 Å². The summed E-state index contributed by atoms with van der Waals surface area (Å²) in [6, 6.07) is 10.5. The normalized spacial score (nSPS) is 15.4. The Bertz CT molecular complexity index is 729. The van der Waals surface area contributed by atoms with Crippen molar-refractivity contribution < 1.29 is 9.59 Å². The van der Waals surface area contributed by atoms with Crippen molar-refractivity contribution in [2.24, 2.45) is 0 Å². The van der Waals surface area contributed by atoms with E-state index in [1.165, 1.54) is 11.3 Å². The third-order valence-corrected chi connectivity index (χ3v) is 5.08. The molecular weight excluding hydrogens is 334 g/mol. The number of rotatable bonds is 4. The molecule has 0 saturated carbocycles. The molecule has 3 amide bonds. The molecule has 2 N–H and O–H groups in total. The van der Waals surface area contributed by atoms with Crippen LogP contribution in [0.25, 0.3) is 0 Å². The summed E-state index contributed by atoms with van der Waals surface area (Å²) in [5.41, 5.74) is 1.34. The van der Waals surface area contributed by atoms with Crippen LogP contribution >= 0.6 is 22.9 Å². The minimum absolute atomic E-state index is 0.106. The van der Waals surface area contributed by atoms with Crippen LogP contribution in [0.15, 0.2) is 36.4 Å². The molecule has 1 aliphatic rings. The third kappa shape index (κ3) is 3.48. The van der Waals surface area contributed by atoms with Gasteiger partial charge in [-0.3, -0.25) is 9.69 Å². The lowest BCUT2D eigenvalue weighted by atomic mass is 10.1. The number of hydrogen-bond donors (Lipinski definition) is 2. The van der Waals surface area contributed by atoms with Crippen LogP contribution in [-0.2, 0) is 0 Å². The number of benzene rings is 1. The van der Waals surface area contributed by atoms with Gasteiger partial charge in [-0.25, -0.2) is 4.79 Å². The van der Waals surface area contributed by atoms with E-state index < -0.39 is 0 Å². The van der Waals surface area contributed by atoms with Gasteiger partial charge in [0.1, 0.15) is 0 Å². The minimum atomic E-state index is -0.153. The first-order valence-electron chi connectivity index (χ1n) is 7.26. The van der Waals surface area contributed by atoms with Crippen LogP contribution in [-0.4, -0.2) is 25.0 Å². The average Bonchev–Trinajstić information content (AvgIpc) is 3.16. The molecule has 3 rings (SSSR count). The largest absolute Gasteiger partial charge is 0.345 e. The molecule has 2 heterocycles. The lowest BCUT2D eigenvalue weighted by Crippen LogP contribution is -2.28. The zero-order valence-corrected chi connectivity index (χ0v) is 14.1. The fourth-order valence-electron chi connectivity index (χ4n) is 2.42. The van der Waals surface area contributed by atoms with Crippen molar-refractivity contribution in [1.82, 2.24) is 10.6 Å². The highest BCUT2D eigenvalue weighted by molar-refractivity contribution is 7.16. The summed E-state index contributed by atoms with van der Waals surface area (Å²) in [4.78, 5) is 26.6. The Labute approximate surface area is 143 Å². The predicted molar refractivity (Wildman–Crippen MR) is 92.4 cm³/mol. The summed E-state index contributed by atoms with van der Waals surface area (Å²) in [5, 5.41) is 5.69. The van der Waals surface area contributed by atoms with Crippen LogP contribution in [0.3, 0.4) is 0 Å². The van der Waals surface area contributed by atoms with Gasteiger partial charge >= 0.3 is 6.03 Å². The van der Waals surface area contributed by atoms with Crippen molar-refractivity contribution in [3.05, 3.63) is 51.2 Å². The van der Waals surface area contributed by atoms with Crippen LogP contribution in [0.4, 0.5) is 10.5 Å². The van der Waals surface area contributed by atoms with Gasteiger partial charge in [0.2, 0.25) is 0 Å². The summed E-state index contributed by atoms with van der Waals surface area (Å²) in [7, 11) is 0. The van der Waals surface area contributed by atoms with E-state index in [0.29, 0.717) is 23.0 Å². The Morgan fingerprint density at radius 1 is 1.30 bits per heavy atom. The lowest BCUT2D eigenvalue weighted by molar-refractivity contribution is 0.0940. The van der Waals surface area contributed by atoms with Gasteiger partial charge in [0, 0.05) is 29.2 Å². The highest BCUT2D eigenvalue weighted by Crippen LogP contribution is 2.27. The fraction of sp³-hybridized carbons (Fsp3) is 0.250. The average molecular weight is 350 g/mol. The Morgan fingerprint density at radius 2 is 2.04 bits per heavy atom. The van der Waals surface area contributed by atoms with E-state index >= 15 is 0 Å². The van der Waals surface area contributed by atoms with Crippen LogP contribution in [0, 0.1) is 0 Å². The smallest absolute Gasteiger partial charge is 0.321 e. The van der Waals surface area contributed by atoms with Gasteiger partial charge in [-0.2, -0.15) is 0 Å². The van der Waals surface area contributed by atoms with E-state index in [1.54, 1.807) is 29.2 Å². The van der Waals surface area contributed by atoms with Gasteiger partial charge in [0.25, 0.3) is 5.91 Å². The van der Waals surface area contributed by atoms with E-state index in [1.807, 2.05) is 19.1 Å². The van der Waals surface area contributed by atoms with Crippen LogP contribution in [0.5, 0.6) is 0 Å². The van der Waals surface area contributed by atoms with Crippen molar-refractivity contribution in [3.63, 3.8) is 0 Å². The molecule has 0 unspecified atom stereocenters.